The molecule has 2 aromatic rings. The monoisotopic (exact) mass is 500 g/mol. The summed E-state index contributed by atoms with van der Waals surface area (Å²) in [4.78, 5) is 39.0. The van der Waals surface area contributed by atoms with E-state index in [1.165, 1.54) is 38.3 Å². The van der Waals surface area contributed by atoms with E-state index in [1.54, 1.807) is 0 Å². The van der Waals surface area contributed by atoms with Crippen LogP contribution in [0.3, 0.4) is 0 Å². The van der Waals surface area contributed by atoms with Crippen molar-refractivity contribution < 1.29 is 40.5 Å². The van der Waals surface area contributed by atoms with Crippen molar-refractivity contribution in [1.82, 2.24) is 4.90 Å². The number of ether oxygens (including phenoxy) is 2. The molecule has 1 N–H and O–H groups in total. The summed E-state index contributed by atoms with van der Waals surface area (Å²) in [7, 11) is -2.87. The second-order valence-corrected chi connectivity index (χ2v) is 9.08. The number of carbonyl (C=O) groups excluding carboxylic acids is 3. The first-order chi connectivity index (χ1) is 17.3. The number of nitrogens with zero attached hydrogens (tertiary/aromatic N) is 1. The molecule has 9 nitrogen and oxygen atoms in total. The van der Waals surface area contributed by atoms with Gasteiger partial charge in [-0.3, -0.25) is 19.3 Å². The Labute approximate surface area is 207 Å². The Balaban J connectivity index is 0.00000533. The van der Waals surface area contributed by atoms with Gasteiger partial charge >= 0.3 is 0 Å². The van der Waals surface area contributed by atoms with E-state index in [0.29, 0.717) is 4.90 Å². The second-order valence-electron chi connectivity index (χ2n) is 6.94. The molecule has 1 aliphatic heterocycles. The predicted molar refractivity (Wildman–Crippen MR) is 128 cm³/mol. The van der Waals surface area contributed by atoms with E-state index >= 15 is 0 Å². The summed E-state index contributed by atoms with van der Waals surface area (Å²) in [5.41, 5.74) is -0.727. The van der Waals surface area contributed by atoms with E-state index in [4.69, 9.17) is 17.7 Å². The van der Waals surface area contributed by atoms with Crippen molar-refractivity contribution >= 4 is 46.7 Å². The lowest BCUT2D eigenvalue weighted by molar-refractivity contribution is -0.114. The summed E-state index contributed by atoms with van der Waals surface area (Å²) >= 11 is 0. The molecule has 0 saturated carbocycles. The molecule has 1 heterocycles. The first-order valence-corrected chi connectivity index (χ1v) is 11.2. The van der Waals surface area contributed by atoms with Gasteiger partial charge in [-0.2, -0.15) is 13.5 Å². The molecule has 0 saturated heterocycles. The van der Waals surface area contributed by atoms with Crippen LogP contribution in [0.25, 0.3) is 0 Å². The fraction of sp³-hybridized carbons (Fsp3) is 0.318. The third-order valence-corrected chi connectivity index (χ3v) is 5.35. The SMILES string of the molecule is S.[2H]C([2H])([2H])C([2H])([2H])Oc1cc([C@@]([2H])(CS(C)(=O)=O)N2C(=O)c3cccc(NC(C)=O)c3C2=O)ccc1OC. The van der Waals surface area contributed by atoms with Gasteiger partial charge in [-0.25, -0.2) is 8.42 Å². The minimum atomic E-state index is -4.06. The van der Waals surface area contributed by atoms with E-state index in [9.17, 15) is 22.8 Å². The molecule has 0 spiro atoms. The number of fused-ring (bicyclic) bond motifs is 1. The van der Waals surface area contributed by atoms with Crippen LogP contribution in [0.2, 0.25) is 0 Å². The van der Waals surface area contributed by atoms with Crippen LogP contribution < -0.4 is 14.8 Å². The van der Waals surface area contributed by atoms with Crippen LogP contribution in [-0.4, -0.2) is 56.7 Å². The number of sulfone groups is 1. The molecule has 1 atom stereocenters. The van der Waals surface area contributed by atoms with Gasteiger partial charge in [0.05, 0.1) is 46.4 Å². The number of methoxy groups -OCH3 is 1. The summed E-state index contributed by atoms with van der Waals surface area (Å²) < 4.78 is 81.9. The lowest BCUT2D eigenvalue weighted by Gasteiger charge is -2.27. The van der Waals surface area contributed by atoms with E-state index in [-0.39, 0.29) is 41.6 Å². The highest BCUT2D eigenvalue weighted by atomic mass is 32.2. The molecule has 0 bridgehead atoms. The first-order valence-electron chi connectivity index (χ1n) is 12.2. The molecular formula is C22H26N2O7S2. The van der Waals surface area contributed by atoms with Crippen LogP contribution in [0.4, 0.5) is 5.69 Å². The van der Waals surface area contributed by atoms with Crippen molar-refractivity contribution in [1.29, 1.82) is 0 Å². The summed E-state index contributed by atoms with van der Waals surface area (Å²) in [6.45, 7) is -5.27. The summed E-state index contributed by atoms with van der Waals surface area (Å²) in [6, 6.07) is 4.71. The molecule has 1 aliphatic rings. The van der Waals surface area contributed by atoms with Crippen molar-refractivity contribution in [2.24, 2.45) is 0 Å². The molecule has 0 unspecified atom stereocenters. The number of anilines is 1. The number of rotatable bonds is 8. The highest BCUT2D eigenvalue weighted by Crippen LogP contribution is 2.38. The molecule has 178 valence electrons. The number of imide groups is 1. The Morgan fingerprint density at radius 2 is 1.97 bits per heavy atom. The summed E-state index contributed by atoms with van der Waals surface area (Å²) in [6.07, 6.45) is 0.797. The molecule has 3 amide bonds. The smallest absolute Gasteiger partial charge is 0.264 e. The number of amides is 3. The van der Waals surface area contributed by atoms with Crippen LogP contribution in [0.1, 0.15) is 54.3 Å². The average Bonchev–Trinajstić information content (AvgIpc) is 3.02. The van der Waals surface area contributed by atoms with Crippen LogP contribution in [0.15, 0.2) is 36.4 Å². The van der Waals surface area contributed by atoms with Crippen LogP contribution >= 0.6 is 13.5 Å². The number of benzene rings is 2. The van der Waals surface area contributed by atoms with Crippen molar-refractivity contribution in [3.8, 4) is 11.5 Å². The fourth-order valence-corrected chi connectivity index (χ4v) is 4.13. The third-order valence-electron chi connectivity index (χ3n) is 4.55. The number of nitrogens with one attached hydrogen (secondary N) is 1. The van der Waals surface area contributed by atoms with Gasteiger partial charge in [0.1, 0.15) is 9.84 Å². The molecule has 0 aromatic heterocycles. The van der Waals surface area contributed by atoms with E-state index in [2.05, 4.69) is 5.32 Å². The fourth-order valence-electron chi connectivity index (χ4n) is 3.34. The van der Waals surface area contributed by atoms with Gasteiger partial charge < -0.3 is 14.8 Å². The normalized spacial score (nSPS) is 18.2. The van der Waals surface area contributed by atoms with Gasteiger partial charge in [-0.05, 0) is 36.7 Å². The highest BCUT2D eigenvalue weighted by Gasteiger charge is 2.43. The van der Waals surface area contributed by atoms with Crippen LogP contribution in [0, 0.1) is 0 Å². The Morgan fingerprint density at radius 1 is 1.24 bits per heavy atom. The predicted octanol–water partition coefficient (Wildman–Crippen LogP) is 2.55. The molecule has 0 aliphatic carbocycles. The van der Waals surface area contributed by atoms with Crippen molar-refractivity contribution in [3.63, 3.8) is 0 Å². The van der Waals surface area contributed by atoms with Crippen molar-refractivity contribution in [2.75, 3.05) is 31.0 Å². The zero-order valence-electron chi connectivity index (χ0n) is 23.9. The molecule has 33 heavy (non-hydrogen) atoms. The summed E-state index contributed by atoms with van der Waals surface area (Å²) in [5.74, 6) is -4.33. The zero-order chi connectivity index (χ0) is 28.8. The Hall–Kier alpha value is -3.05. The molecule has 3 rings (SSSR count). The molecule has 0 fully saturated rings. The topological polar surface area (TPSA) is 119 Å². The lowest BCUT2D eigenvalue weighted by Crippen LogP contribution is -2.37. The number of carbonyl (C=O) groups is 3. The Morgan fingerprint density at radius 3 is 2.58 bits per heavy atom. The van der Waals surface area contributed by atoms with Gasteiger partial charge in [0.25, 0.3) is 11.8 Å². The minimum absolute atomic E-state index is 0. The first kappa shape index (κ1) is 18.4. The Kier molecular flexibility index (Phi) is 5.72. The van der Waals surface area contributed by atoms with Crippen LogP contribution in [-0.2, 0) is 14.6 Å². The minimum Gasteiger partial charge on any atom is -0.493 e. The van der Waals surface area contributed by atoms with Gasteiger partial charge in [-0.15, -0.1) is 0 Å². The largest absolute Gasteiger partial charge is 0.493 e. The second kappa shape index (κ2) is 10.3. The molecule has 2 aromatic carbocycles. The zero-order valence-corrected chi connectivity index (χ0v) is 19.7. The number of hydrogen-bond donors (Lipinski definition) is 1. The third kappa shape index (κ3) is 5.48. The molecule has 11 heteroatoms. The lowest BCUT2D eigenvalue weighted by atomic mass is 10.1. The Bertz CT molecular complexity index is 1430. The maximum absolute atomic E-state index is 13.5. The standard InChI is InChI=1S/C22H24N2O7S.H2S/c1-5-31-19-11-14(9-10-18(19)30-3)17(12-32(4,28)29)24-21(26)15-7-6-8-16(23-13(2)25)20(15)22(24)27;/h6-11,17H,5,12H2,1-4H3,(H,23,25);1H2/t17-;/m1./s1/i1D3,5D2,17D;. The van der Waals surface area contributed by atoms with Gasteiger partial charge in [0.15, 0.2) is 11.5 Å². The van der Waals surface area contributed by atoms with Gasteiger partial charge in [-0.1, -0.05) is 12.1 Å². The highest BCUT2D eigenvalue weighted by molar-refractivity contribution is 7.90. The quantitative estimate of drug-likeness (QED) is 0.553. The maximum Gasteiger partial charge on any atom is 0.264 e. The van der Waals surface area contributed by atoms with Crippen LogP contribution in [0.5, 0.6) is 11.5 Å². The maximum atomic E-state index is 13.5. The van der Waals surface area contributed by atoms with Crippen molar-refractivity contribution in [2.45, 2.75) is 19.8 Å². The van der Waals surface area contributed by atoms with Gasteiger partial charge in [0.2, 0.25) is 5.91 Å². The van der Waals surface area contributed by atoms with E-state index < -0.39 is 58.5 Å². The number of hydrogen-bond acceptors (Lipinski definition) is 7. The average molecular weight is 501 g/mol. The molecule has 0 radical (unpaired) electrons. The molecular weight excluding hydrogens is 468 g/mol. The van der Waals surface area contributed by atoms with E-state index in [1.807, 2.05) is 0 Å². The van der Waals surface area contributed by atoms with Gasteiger partial charge in [0, 0.05) is 17.3 Å². The van der Waals surface area contributed by atoms with Crippen molar-refractivity contribution in [3.05, 3.63) is 53.1 Å². The van der Waals surface area contributed by atoms with E-state index in [0.717, 1.165) is 18.4 Å². The summed E-state index contributed by atoms with van der Waals surface area (Å²) in [5, 5.41) is 2.43.